The molecule has 57 heavy (non-hydrogen) atoms. The van der Waals surface area contributed by atoms with Gasteiger partial charge in [0, 0.05) is 24.9 Å². The minimum absolute atomic E-state index is 0.000991. The van der Waals surface area contributed by atoms with Crippen LogP contribution in [0.1, 0.15) is 40.2 Å². The van der Waals surface area contributed by atoms with Gasteiger partial charge in [-0.15, -0.1) is 0 Å². The molecule has 0 saturated heterocycles. The van der Waals surface area contributed by atoms with Crippen molar-refractivity contribution in [3.8, 4) is 16.9 Å². The van der Waals surface area contributed by atoms with Gasteiger partial charge in [0.2, 0.25) is 5.96 Å². The Labute approximate surface area is 329 Å². The van der Waals surface area contributed by atoms with Gasteiger partial charge in [-0.3, -0.25) is 19.9 Å². The van der Waals surface area contributed by atoms with Gasteiger partial charge in [-0.2, -0.15) is 4.99 Å². The van der Waals surface area contributed by atoms with Crippen LogP contribution in [0.5, 0.6) is 5.75 Å². The fraction of sp³-hybridized carbons (Fsp3) is 0.200. The molecule has 12 heteroatoms. The van der Waals surface area contributed by atoms with Gasteiger partial charge >= 0.3 is 12.1 Å². The lowest BCUT2D eigenvalue weighted by atomic mass is 9.77. The summed E-state index contributed by atoms with van der Waals surface area (Å²) >= 11 is 0. The summed E-state index contributed by atoms with van der Waals surface area (Å²) in [6.45, 7) is 0.235. The van der Waals surface area contributed by atoms with Crippen LogP contribution in [0.2, 0.25) is 0 Å². The monoisotopic (exact) mass is 760 g/mol. The van der Waals surface area contributed by atoms with E-state index in [1.165, 1.54) is 6.34 Å². The number of carboxylic acid groups (broad SMARTS) is 1. The highest BCUT2D eigenvalue weighted by Gasteiger charge is 2.41. The standard InChI is InChI=1S/C45H40N6O6/c1-56-33-22-20-32(21-23-33)45(30-12-4-2-5-13-30,31-14-6-3-7-15-31)50-43-48-41-40(42(54)49-43)47-28-51(41)26-29(24-39(52)53)25-46-44(55)57-27-38-36-18-10-8-16-34(36)35-17-9-11-19-37(35)38/h2-23,28-29,38,40H,24-27H2,1H3,(H,46,55)(H,52,53)(H,49,50,54). The highest BCUT2D eigenvalue weighted by molar-refractivity contribution is 6.23. The van der Waals surface area contributed by atoms with E-state index >= 15 is 0 Å². The normalized spacial score (nSPS) is 16.9. The molecule has 5 aromatic carbocycles. The van der Waals surface area contributed by atoms with E-state index in [4.69, 9.17) is 19.5 Å². The molecule has 3 N–H and O–H groups in total. The largest absolute Gasteiger partial charge is 0.497 e. The Kier molecular flexibility index (Phi) is 10.3. The number of amidine groups is 1. The van der Waals surface area contributed by atoms with Crippen LogP contribution in [-0.4, -0.2) is 79.0 Å². The topological polar surface area (TPSA) is 154 Å². The number of nitrogens with zero attached hydrogens (tertiary/aromatic N) is 4. The van der Waals surface area contributed by atoms with Gasteiger partial charge in [0.1, 0.15) is 23.7 Å². The summed E-state index contributed by atoms with van der Waals surface area (Å²) in [4.78, 5) is 54.9. The van der Waals surface area contributed by atoms with Gasteiger partial charge < -0.3 is 24.8 Å². The number of benzene rings is 5. The Hall–Kier alpha value is -7.08. The number of fused-ring (bicyclic) bond motifs is 4. The summed E-state index contributed by atoms with van der Waals surface area (Å²) in [7, 11) is 1.61. The van der Waals surface area contributed by atoms with Crippen LogP contribution in [0.15, 0.2) is 148 Å². The summed E-state index contributed by atoms with van der Waals surface area (Å²) in [5.74, 6) is -1.12. The molecule has 8 rings (SSSR count). The predicted molar refractivity (Wildman–Crippen MR) is 217 cm³/mol. The van der Waals surface area contributed by atoms with Crippen molar-refractivity contribution in [1.29, 1.82) is 0 Å². The molecule has 12 nitrogen and oxygen atoms in total. The molecule has 0 radical (unpaired) electrons. The van der Waals surface area contributed by atoms with Crippen molar-refractivity contribution >= 4 is 36.1 Å². The van der Waals surface area contributed by atoms with Gasteiger partial charge in [0.05, 0.1) is 19.9 Å². The fourth-order valence-corrected chi connectivity index (χ4v) is 7.90. The second kappa shape index (κ2) is 16.0. The number of aliphatic imine (C=N–C) groups is 3. The smallest absolute Gasteiger partial charge is 0.407 e. The number of methoxy groups -OCH3 is 1. The molecule has 2 aliphatic heterocycles. The van der Waals surface area contributed by atoms with E-state index in [9.17, 15) is 19.5 Å². The molecule has 0 fully saturated rings. The van der Waals surface area contributed by atoms with Crippen molar-refractivity contribution in [2.75, 3.05) is 26.8 Å². The molecule has 2 amide bonds. The average Bonchev–Trinajstić information content (AvgIpc) is 3.80. The summed E-state index contributed by atoms with van der Waals surface area (Å²) in [6, 6.07) is 42.3. The lowest BCUT2D eigenvalue weighted by Gasteiger charge is -2.33. The third kappa shape index (κ3) is 7.37. The van der Waals surface area contributed by atoms with Crippen molar-refractivity contribution in [3.05, 3.63) is 161 Å². The second-order valence-corrected chi connectivity index (χ2v) is 14.1. The molecule has 2 heterocycles. The zero-order chi connectivity index (χ0) is 39.4. The number of guanidine groups is 1. The van der Waals surface area contributed by atoms with Crippen molar-refractivity contribution in [3.63, 3.8) is 0 Å². The van der Waals surface area contributed by atoms with E-state index in [0.29, 0.717) is 11.6 Å². The fourth-order valence-electron chi connectivity index (χ4n) is 7.90. The second-order valence-electron chi connectivity index (χ2n) is 14.1. The summed E-state index contributed by atoms with van der Waals surface area (Å²) in [5.41, 5.74) is 5.76. The van der Waals surface area contributed by atoms with E-state index in [1.54, 1.807) is 12.0 Å². The van der Waals surface area contributed by atoms with Gasteiger partial charge in [0.15, 0.2) is 6.04 Å². The number of nitrogens with one attached hydrogen (secondary N) is 2. The predicted octanol–water partition coefficient (Wildman–Crippen LogP) is 6.21. The Morgan fingerprint density at radius 2 is 1.42 bits per heavy atom. The highest BCUT2D eigenvalue weighted by Crippen LogP contribution is 2.45. The van der Waals surface area contributed by atoms with Crippen molar-refractivity contribution in [1.82, 2.24) is 15.5 Å². The van der Waals surface area contributed by atoms with Gasteiger partial charge in [-0.25, -0.2) is 9.79 Å². The first kappa shape index (κ1) is 36.9. The van der Waals surface area contributed by atoms with E-state index in [0.717, 1.165) is 38.9 Å². The number of ether oxygens (including phenoxy) is 2. The molecule has 0 spiro atoms. The Morgan fingerprint density at radius 1 is 0.842 bits per heavy atom. The molecule has 0 aromatic heterocycles. The molecule has 0 saturated carbocycles. The van der Waals surface area contributed by atoms with Crippen molar-refractivity contribution in [2.45, 2.75) is 23.9 Å². The first-order chi connectivity index (χ1) is 27.8. The third-order valence-corrected chi connectivity index (χ3v) is 10.6. The Morgan fingerprint density at radius 3 is 2.02 bits per heavy atom. The third-order valence-electron chi connectivity index (χ3n) is 10.6. The summed E-state index contributed by atoms with van der Waals surface area (Å²) in [5, 5.41) is 15.5. The molecule has 5 aromatic rings. The maximum absolute atomic E-state index is 13.6. The Bertz CT molecular complexity index is 2300. The van der Waals surface area contributed by atoms with Crippen LogP contribution in [0.3, 0.4) is 0 Å². The van der Waals surface area contributed by atoms with Crippen LogP contribution in [0, 0.1) is 5.92 Å². The SMILES string of the molecule is COc1ccc(C(N=C2N=C3C(N=CN3CC(CNC(=O)OCC3c4ccccc4-c4ccccc43)CC(=O)O)C(=O)N2)(c2ccccc2)c2ccccc2)cc1. The average molecular weight is 761 g/mol. The van der Waals surface area contributed by atoms with E-state index in [1.807, 2.05) is 121 Å². The van der Waals surface area contributed by atoms with E-state index < -0.39 is 35.5 Å². The molecule has 286 valence electrons. The molecule has 2 atom stereocenters. The molecule has 2 unspecified atom stereocenters. The van der Waals surface area contributed by atoms with Crippen LogP contribution in [0.25, 0.3) is 11.1 Å². The lowest BCUT2D eigenvalue weighted by molar-refractivity contribution is -0.138. The van der Waals surface area contributed by atoms with Crippen LogP contribution in [-0.2, 0) is 19.9 Å². The van der Waals surface area contributed by atoms with Crippen LogP contribution < -0.4 is 15.4 Å². The van der Waals surface area contributed by atoms with Crippen LogP contribution in [0.4, 0.5) is 4.79 Å². The zero-order valence-electron chi connectivity index (χ0n) is 31.1. The maximum atomic E-state index is 13.6. The minimum Gasteiger partial charge on any atom is -0.497 e. The van der Waals surface area contributed by atoms with E-state index in [-0.39, 0.29) is 38.0 Å². The van der Waals surface area contributed by atoms with E-state index in [2.05, 4.69) is 27.8 Å². The molecular formula is C45H40N6O6. The van der Waals surface area contributed by atoms with Crippen molar-refractivity contribution < 1.29 is 29.0 Å². The number of alkyl carbamates (subject to hydrolysis) is 1. The van der Waals surface area contributed by atoms with Gasteiger partial charge in [-0.05, 0) is 51.1 Å². The molecule has 3 aliphatic rings. The minimum atomic E-state index is -1.14. The summed E-state index contributed by atoms with van der Waals surface area (Å²) < 4.78 is 11.2. The number of carbonyl (C=O) groups excluding carboxylic acids is 2. The summed E-state index contributed by atoms with van der Waals surface area (Å²) in [6.07, 6.45) is 0.571. The number of amides is 2. The number of aliphatic carboxylic acids is 1. The molecular weight excluding hydrogens is 721 g/mol. The molecule has 0 bridgehead atoms. The maximum Gasteiger partial charge on any atom is 0.407 e. The number of hydrogen-bond acceptors (Lipinski definition) is 8. The lowest BCUT2D eigenvalue weighted by Crippen LogP contribution is -2.51. The van der Waals surface area contributed by atoms with Gasteiger partial charge in [-0.1, -0.05) is 121 Å². The Balaban J connectivity index is 1.04. The zero-order valence-corrected chi connectivity index (χ0v) is 31.1. The number of rotatable bonds is 13. The van der Waals surface area contributed by atoms with Gasteiger partial charge in [0.25, 0.3) is 5.91 Å². The number of carbonyl (C=O) groups is 3. The first-order valence-electron chi connectivity index (χ1n) is 18.7. The quantitative estimate of drug-likeness (QED) is 0.121. The first-order valence-corrected chi connectivity index (χ1v) is 18.7. The number of hydrogen-bond donors (Lipinski definition) is 3. The van der Waals surface area contributed by atoms with Crippen molar-refractivity contribution in [2.24, 2.45) is 20.9 Å². The van der Waals surface area contributed by atoms with Crippen LogP contribution >= 0.6 is 0 Å². The molecule has 1 aliphatic carbocycles. The highest BCUT2D eigenvalue weighted by atomic mass is 16.5. The number of carboxylic acids is 1.